The van der Waals surface area contributed by atoms with Crippen LogP contribution in [-0.4, -0.2) is 24.6 Å². The Morgan fingerprint density at radius 3 is 2.47 bits per heavy atom. The highest BCUT2D eigenvalue weighted by Gasteiger charge is 2.07. The number of fused-ring (bicyclic) bond motifs is 1. The summed E-state index contributed by atoms with van der Waals surface area (Å²) >= 11 is 1.34. The Balaban J connectivity index is 1.65. The standard InChI is InChI=1S/C22H14N4O2S2/c1-30(27,28)19-7-2-16(3-8-19)26-22-12-20-15(14-25-22)10-11-24-21(20)9-6-17-4-5-18(13-23)29-17/h2-5,7-8,10-12,14H,1H3,(H,25,26). The molecule has 0 atom stereocenters. The molecule has 30 heavy (non-hydrogen) atoms. The first-order valence-corrected chi connectivity index (χ1v) is 11.5. The lowest BCUT2D eigenvalue weighted by Crippen LogP contribution is -1.98. The highest BCUT2D eigenvalue weighted by molar-refractivity contribution is 7.90. The van der Waals surface area contributed by atoms with Crippen LogP contribution < -0.4 is 5.32 Å². The van der Waals surface area contributed by atoms with E-state index in [9.17, 15) is 8.42 Å². The summed E-state index contributed by atoms with van der Waals surface area (Å²) in [4.78, 5) is 10.5. The number of hydrogen-bond acceptors (Lipinski definition) is 7. The summed E-state index contributed by atoms with van der Waals surface area (Å²) < 4.78 is 23.2. The highest BCUT2D eigenvalue weighted by atomic mass is 32.2. The van der Waals surface area contributed by atoms with E-state index in [0.717, 1.165) is 15.6 Å². The molecule has 0 saturated heterocycles. The molecule has 146 valence electrons. The fraction of sp³-hybridized carbons (Fsp3) is 0.0455. The zero-order valence-corrected chi connectivity index (χ0v) is 17.4. The average molecular weight is 431 g/mol. The van der Waals surface area contributed by atoms with Crippen molar-refractivity contribution in [1.82, 2.24) is 9.97 Å². The fourth-order valence-electron chi connectivity index (χ4n) is 2.75. The van der Waals surface area contributed by atoms with Gasteiger partial charge in [0.15, 0.2) is 9.84 Å². The molecule has 0 bridgehead atoms. The van der Waals surface area contributed by atoms with Gasteiger partial charge in [-0.05, 0) is 60.4 Å². The Morgan fingerprint density at radius 2 is 1.77 bits per heavy atom. The van der Waals surface area contributed by atoms with E-state index in [1.807, 2.05) is 18.2 Å². The van der Waals surface area contributed by atoms with Crippen LogP contribution in [0.2, 0.25) is 0 Å². The number of sulfone groups is 1. The van der Waals surface area contributed by atoms with E-state index in [-0.39, 0.29) is 4.90 Å². The van der Waals surface area contributed by atoms with Gasteiger partial charge in [0.2, 0.25) is 0 Å². The van der Waals surface area contributed by atoms with Gasteiger partial charge in [-0.3, -0.25) is 0 Å². The molecule has 0 aliphatic carbocycles. The molecule has 0 saturated carbocycles. The highest BCUT2D eigenvalue weighted by Crippen LogP contribution is 2.23. The first-order chi connectivity index (χ1) is 14.4. The quantitative estimate of drug-likeness (QED) is 0.492. The molecule has 3 heterocycles. The summed E-state index contributed by atoms with van der Waals surface area (Å²) in [5.41, 5.74) is 1.32. The first-order valence-electron chi connectivity index (χ1n) is 8.76. The van der Waals surface area contributed by atoms with Gasteiger partial charge in [0.05, 0.1) is 9.77 Å². The van der Waals surface area contributed by atoms with E-state index in [4.69, 9.17) is 5.26 Å². The SMILES string of the molecule is CS(=O)(=O)c1ccc(Nc2cc3c(C#Cc4ccc(C#N)s4)nccc3cn2)cc1. The van der Waals surface area contributed by atoms with Gasteiger partial charge in [-0.25, -0.2) is 18.4 Å². The number of nitriles is 1. The van der Waals surface area contributed by atoms with Crippen molar-refractivity contribution >= 4 is 43.5 Å². The zero-order chi connectivity index (χ0) is 21.1. The Hall–Kier alpha value is -3.72. The molecule has 8 heteroatoms. The summed E-state index contributed by atoms with van der Waals surface area (Å²) in [7, 11) is -3.24. The lowest BCUT2D eigenvalue weighted by Gasteiger charge is -2.08. The average Bonchev–Trinajstić information content (AvgIpc) is 3.20. The van der Waals surface area contributed by atoms with Gasteiger partial charge in [0, 0.05) is 35.1 Å². The maximum absolute atomic E-state index is 11.6. The summed E-state index contributed by atoms with van der Waals surface area (Å²) in [5.74, 6) is 6.72. The van der Waals surface area contributed by atoms with Crippen molar-refractivity contribution in [2.75, 3.05) is 11.6 Å². The molecule has 1 N–H and O–H groups in total. The van der Waals surface area contributed by atoms with Crippen LogP contribution in [-0.2, 0) is 9.84 Å². The van der Waals surface area contributed by atoms with Crippen LogP contribution in [0.3, 0.4) is 0 Å². The Labute approximate surface area is 177 Å². The third-order valence-electron chi connectivity index (χ3n) is 4.22. The molecule has 0 spiro atoms. The fourth-order valence-corrected chi connectivity index (χ4v) is 4.04. The lowest BCUT2D eigenvalue weighted by molar-refractivity contribution is 0.602. The maximum Gasteiger partial charge on any atom is 0.175 e. The Kier molecular flexibility index (Phi) is 5.20. The monoisotopic (exact) mass is 430 g/mol. The van der Waals surface area contributed by atoms with E-state index in [1.54, 1.807) is 42.7 Å². The van der Waals surface area contributed by atoms with Crippen LogP contribution in [0.4, 0.5) is 11.5 Å². The third kappa shape index (κ3) is 4.31. The number of anilines is 2. The van der Waals surface area contributed by atoms with E-state index >= 15 is 0 Å². The number of hydrogen-bond donors (Lipinski definition) is 1. The van der Waals surface area contributed by atoms with Crippen molar-refractivity contribution in [3.8, 4) is 17.9 Å². The molecule has 0 fully saturated rings. The van der Waals surface area contributed by atoms with Crippen molar-refractivity contribution in [3.05, 3.63) is 76.4 Å². The number of thiophene rings is 1. The minimum atomic E-state index is -3.24. The van der Waals surface area contributed by atoms with Gasteiger partial charge in [-0.1, -0.05) is 0 Å². The van der Waals surface area contributed by atoms with Crippen LogP contribution in [0.1, 0.15) is 15.4 Å². The molecular weight excluding hydrogens is 416 g/mol. The van der Waals surface area contributed by atoms with E-state index in [2.05, 4.69) is 33.2 Å². The second-order valence-electron chi connectivity index (χ2n) is 6.40. The smallest absolute Gasteiger partial charge is 0.175 e. The predicted octanol–water partition coefficient (Wildman–Crippen LogP) is 4.11. The van der Waals surface area contributed by atoms with Crippen LogP contribution in [0.5, 0.6) is 0 Å². The van der Waals surface area contributed by atoms with Gasteiger partial charge in [0.25, 0.3) is 0 Å². The molecule has 0 aliphatic rings. The zero-order valence-electron chi connectivity index (χ0n) is 15.7. The minimum absolute atomic E-state index is 0.259. The Morgan fingerprint density at radius 1 is 1.00 bits per heavy atom. The normalized spacial score (nSPS) is 10.8. The lowest BCUT2D eigenvalue weighted by atomic mass is 10.1. The summed E-state index contributed by atoms with van der Waals surface area (Å²) in [6, 6.07) is 15.9. The van der Waals surface area contributed by atoms with Crippen LogP contribution in [0.25, 0.3) is 10.8 Å². The summed E-state index contributed by atoms with van der Waals surface area (Å²) in [5, 5.41) is 13.9. The number of rotatable bonds is 3. The van der Waals surface area contributed by atoms with Crippen molar-refractivity contribution in [3.63, 3.8) is 0 Å². The molecule has 1 aromatic carbocycles. The Bertz CT molecular complexity index is 1460. The van der Waals surface area contributed by atoms with E-state index in [0.29, 0.717) is 22.1 Å². The van der Waals surface area contributed by atoms with Crippen molar-refractivity contribution in [2.45, 2.75) is 4.90 Å². The molecule has 0 amide bonds. The number of benzene rings is 1. The predicted molar refractivity (Wildman–Crippen MR) is 117 cm³/mol. The molecule has 6 nitrogen and oxygen atoms in total. The van der Waals surface area contributed by atoms with Crippen molar-refractivity contribution < 1.29 is 8.42 Å². The molecule has 4 rings (SSSR count). The van der Waals surface area contributed by atoms with Crippen LogP contribution in [0.15, 0.2) is 65.8 Å². The summed E-state index contributed by atoms with van der Waals surface area (Å²) in [6.45, 7) is 0. The van der Waals surface area contributed by atoms with Crippen LogP contribution >= 0.6 is 11.3 Å². The second kappa shape index (κ2) is 7.96. The van der Waals surface area contributed by atoms with Crippen molar-refractivity contribution in [2.24, 2.45) is 0 Å². The number of nitrogens with one attached hydrogen (secondary N) is 1. The van der Waals surface area contributed by atoms with Gasteiger partial charge in [-0.15, -0.1) is 11.3 Å². The number of pyridine rings is 2. The second-order valence-corrected chi connectivity index (χ2v) is 9.50. The number of nitrogens with zero attached hydrogens (tertiary/aromatic N) is 3. The molecule has 0 radical (unpaired) electrons. The largest absolute Gasteiger partial charge is 0.340 e. The summed E-state index contributed by atoms with van der Waals surface area (Å²) in [6.07, 6.45) is 4.59. The van der Waals surface area contributed by atoms with E-state index < -0.39 is 9.84 Å². The van der Waals surface area contributed by atoms with Crippen molar-refractivity contribution in [1.29, 1.82) is 5.26 Å². The number of aromatic nitrogens is 2. The van der Waals surface area contributed by atoms with Crippen LogP contribution in [0, 0.1) is 23.2 Å². The molecule has 4 aromatic rings. The molecule has 0 unspecified atom stereocenters. The molecular formula is C22H14N4O2S2. The van der Waals surface area contributed by atoms with E-state index in [1.165, 1.54) is 17.6 Å². The third-order valence-corrected chi connectivity index (χ3v) is 6.26. The molecule has 3 aromatic heterocycles. The minimum Gasteiger partial charge on any atom is -0.340 e. The van der Waals surface area contributed by atoms with Gasteiger partial charge < -0.3 is 5.32 Å². The van der Waals surface area contributed by atoms with Gasteiger partial charge in [-0.2, -0.15) is 5.26 Å². The van der Waals surface area contributed by atoms with Gasteiger partial charge in [0.1, 0.15) is 22.5 Å². The topological polar surface area (TPSA) is 95.7 Å². The molecule has 0 aliphatic heterocycles. The van der Waals surface area contributed by atoms with Gasteiger partial charge >= 0.3 is 0 Å². The maximum atomic E-state index is 11.6. The first kappa shape index (κ1) is 19.6.